The molecular weight excluding hydrogens is 254 g/mol. The minimum Gasteiger partial charge on any atom is -0.331 e. The molecular formula is C11H14BrN3. The zero-order chi connectivity index (χ0) is 11.0. The summed E-state index contributed by atoms with van der Waals surface area (Å²) in [5.74, 6) is 1.03. The molecule has 0 saturated carbocycles. The summed E-state index contributed by atoms with van der Waals surface area (Å²) in [6.45, 7) is 2.67. The minimum absolute atomic E-state index is 0.663. The third-order valence-electron chi connectivity index (χ3n) is 2.69. The van der Waals surface area contributed by atoms with Gasteiger partial charge < -0.3 is 10.3 Å². The van der Waals surface area contributed by atoms with Gasteiger partial charge in [-0.3, -0.25) is 0 Å². The predicted octanol–water partition coefficient (Wildman–Crippen LogP) is 2.15. The Hall–Kier alpha value is -0.870. The molecule has 2 N–H and O–H groups in total. The molecule has 0 aliphatic rings. The van der Waals surface area contributed by atoms with E-state index in [9.17, 15) is 0 Å². The number of aromatic nitrogens is 2. The molecule has 1 aromatic carbocycles. The SMILES string of the molecule is Cc1nc2cc(CCN)c(Br)cc2n1C. The summed E-state index contributed by atoms with van der Waals surface area (Å²) in [6.07, 6.45) is 0.881. The summed E-state index contributed by atoms with van der Waals surface area (Å²) in [4.78, 5) is 4.50. The fourth-order valence-electron chi connectivity index (χ4n) is 1.72. The van der Waals surface area contributed by atoms with Crippen LogP contribution in [0, 0.1) is 6.92 Å². The van der Waals surface area contributed by atoms with E-state index in [1.54, 1.807) is 0 Å². The summed E-state index contributed by atoms with van der Waals surface area (Å²) < 4.78 is 3.20. The molecule has 3 nitrogen and oxygen atoms in total. The molecule has 2 aromatic rings. The van der Waals surface area contributed by atoms with E-state index in [4.69, 9.17) is 5.73 Å². The van der Waals surface area contributed by atoms with Gasteiger partial charge in [-0.15, -0.1) is 0 Å². The molecule has 0 amide bonds. The first-order valence-corrected chi connectivity index (χ1v) is 5.74. The van der Waals surface area contributed by atoms with E-state index in [0.29, 0.717) is 6.54 Å². The highest BCUT2D eigenvalue weighted by atomic mass is 79.9. The number of nitrogens with zero attached hydrogens (tertiary/aromatic N) is 2. The molecule has 0 spiro atoms. The molecule has 0 bridgehead atoms. The lowest BCUT2D eigenvalue weighted by Gasteiger charge is -2.03. The van der Waals surface area contributed by atoms with Crippen molar-refractivity contribution in [3.63, 3.8) is 0 Å². The number of rotatable bonds is 2. The van der Waals surface area contributed by atoms with Gasteiger partial charge in [0.2, 0.25) is 0 Å². The van der Waals surface area contributed by atoms with Crippen molar-refractivity contribution in [2.75, 3.05) is 6.54 Å². The normalized spacial score (nSPS) is 11.2. The quantitative estimate of drug-likeness (QED) is 0.906. The Balaban J connectivity index is 2.65. The Morgan fingerprint density at radius 3 is 2.87 bits per heavy atom. The smallest absolute Gasteiger partial charge is 0.106 e. The average Bonchev–Trinajstić information content (AvgIpc) is 2.46. The molecule has 0 fully saturated rings. The Bertz CT molecular complexity index is 502. The summed E-state index contributed by atoms with van der Waals surface area (Å²) in [5, 5.41) is 0. The maximum atomic E-state index is 5.56. The lowest BCUT2D eigenvalue weighted by molar-refractivity contribution is 0.885. The molecule has 0 radical (unpaired) electrons. The van der Waals surface area contributed by atoms with Crippen molar-refractivity contribution in [2.24, 2.45) is 12.8 Å². The fourth-order valence-corrected chi connectivity index (χ4v) is 2.25. The molecule has 80 valence electrons. The third-order valence-corrected chi connectivity index (χ3v) is 3.42. The van der Waals surface area contributed by atoms with E-state index in [1.165, 1.54) is 5.56 Å². The van der Waals surface area contributed by atoms with E-state index in [-0.39, 0.29) is 0 Å². The molecule has 0 aliphatic carbocycles. The highest BCUT2D eigenvalue weighted by Crippen LogP contribution is 2.24. The van der Waals surface area contributed by atoms with Crippen LogP contribution in [0.15, 0.2) is 16.6 Å². The van der Waals surface area contributed by atoms with Crippen LogP contribution in [0.5, 0.6) is 0 Å². The van der Waals surface area contributed by atoms with Crippen molar-refractivity contribution < 1.29 is 0 Å². The summed E-state index contributed by atoms with van der Waals surface area (Å²) >= 11 is 3.57. The summed E-state index contributed by atoms with van der Waals surface area (Å²) in [7, 11) is 2.03. The molecule has 0 aliphatic heterocycles. The van der Waals surface area contributed by atoms with E-state index in [0.717, 1.165) is 27.8 Å². The number of benzene rings is 1. The van der Waals surface area contributed by atoms with Crippen molar-refractivity contribution in [3.05, 3.63) is 28.0 Å². The standard InChI is InChI=1S/C11H14BrN3/c1-7-14-10-5-8(3-4-13)9(12)6-11(10)15(7)2/h5-6H,3-4,13H2,1-2H3. The van der Waals surface area contributed by atoms with Crippen LogP contribution < -0.4 is 5.73 Å². The Labute approximate surface area is 97.4 Å². The van der Waals surface area contributed by atoms with Gasteiger partial charge in [0.1, 0.15) is 5.82 Å². The van der Waals surface area contributed by atoms with Crippen molar-refractivity contribution >= 4 is 27.0 Å². The largest absolute Gasteiger partial charge is 0.331 e. The van der Waals surface area contributed by atoms with Gasteiger partial charge in [0.15, 0.2) is 0 Å². The van der Waals surface area contributed by atoms with Crippen LogP contribution in [-0.2, 0) is 13.5 Å². The van der Waals surface area contributed by atoms with Crippen LogP contribution in [0.2, 0.25) is 0 Å². The number of aryl methyl sites for hydroxylation is 2. The van der Waals surface area contributed by atoms with Gasteiger partial charge in [-0.25, -0.2) is 4.98 Å². The van der Waals surface area contributed by atoms with Crippen LogP contribution in [0.1, 0.15) is 11.4 Å². The first kappa shape index (κ1) is 10.6. The average molecular weight is 268 g/mol. The van der Waals surface area contributed by atoms with Gasteiger partial charge in [-0.05, 0) is 37.6 Å². The second-order valence-corrected chi connectivity index (χ2v) is 4.54. The minimum atomic E-state index is 0.663. The van der Waals surface area contributed by atoms with Gasteiger partial charge >= 0.3 is 0 Å². The number of halogens is 1. The van der Waals surface area contributed by atoms with Gasteiger partial charge in [-0.2, -0.15) is 0 Å². The van der Waals surface area contributed by atoms with E-state index < -0.39 is 0 Å². The summed E-state index contributed by atoms with van der Waals surface area (Å²) in [5.41, 5.74) is 8.98. The van der Waals surface area contributed by atoms with Crippen LogP contribution in [-0.4, -0.2) is 16.1 Å². The second kappa shape index (κ2) is 3.94. The highest BCUT2D eigenvalue weighted by Gasteiger charge is 2.07. The molecule has 1 aromatic heterocycles. The molecule has 2 rings (SSSR count). The van der Waals surface area contributed by atoms with Crippen LogP contribution in [0.4, 0.5) is 0 Å². The first-order valence-electron chi connectivity index (χ1n) is 4.95. The Morgan fingerprint density at radius 1 is 1.47 bits per heavy atom. The number of nitrogens with two attached hydrogens (primary N) is 1. The van der Waals surface area contributed by atoms with Gasteiger partial charge in [-0.1, -0.05) is 15.9 Å². The highest BCUT2D eigenvalue weighted by molar-refractivity contribution is 9.10. The molecule has 0 saturated heterocycles. The van der Waals surface area contributed by atoms with Gasteiger partial charge in [0.25, 0.3) is 0 Å². The molecule has 4 heteroatoms. The second-order valence-electron chi connectivity index (χ2n) is 3.69. The zero-order valence-electron chi connectivity index (χ0n) is 8.92. The maximum Gasteiger partial charge on any atom is 0.106 e. The fraction of sp³-hybridized carbons (Fsp3) is 0.364. The van der Waals surface area contributed by atoms with Crippen LogP contribution in [0.25, 0.3) is 11.0 Å². The Morgan fingerprint density at radius 2 is 2.20 bits per heavy atom. The van der Waals surface area contributed by atoms with E-state index in [2.05, 4.69) is 37.6 Å². The number of fused-ring (bicyclic) bond motifs is 1. The van der Waals surface area contributed by atoms with Crippen molar-refractivity contribution in [3.8, 4) is 0 Å². The number of hydrogen-bond donors (Lipinski definition) is 1. The van der Waals surface area contributed by atoms with Crippen molar-refractivity contribution in [1.29, 1.82) is 0 Å². The Kier molecular flexibility index (Phi) is 2.80. The third kappa shape index (κ3) is 1.79. The monoisotopic (exact) mass is 267 g/mol. The molecule has 1 heterocycles. The topological polar surface area (TPSA) is 43.8 Å². The molecule has 0 atom stereocenters. The van der Waals surface area contributed by atoms with E-state index >= 15 is 0 Å². The van der Waals surface area contributed by atoms with Crippen molar-refractivity contribution in [1.82, 2.24) is 9.55 Å². The number of hydrogen-bond acceptors (Lipinski definition) is 2. The predicted molar refractivity (Wildman–Crippen MR) is 65.9 cm³/mol. The maximum absolute atomic E-state index is 5.56. The van der Waals surface area contributed by atoms with Gasteiger partial charge in [0.05, 0.1) is 11.0 Å². The van der Waals surface area contributed by atoms with Crippen molar-refractivity contribution in [2.45, 2.75) is 13.3 Å². The number of imidazole rings is 1. The summed E-state index contributed by atoms with van der Waals surface area (Å²) in [6, 6.07) is 4.22. The molecule has 0 unspecified atom stereocenters. The molecule has 15 heavy (non-hydrogen) atoms. The zero-order valence-corrected chi connectivity index (χ0v) is 10.5. The van der Waals surface area contributed by atoms with Gasteiger partial charge in [0, 0.05) is 11.5 Å². The first-order chi connectivity index (χ1) is 7.13. The lowest BCUT2D eigenvalue weighted by Crippen LogP contribution is -2.03. The lowest BCUT2D eigenvalue weighted by atomic mass is 10.1. The van der Waals surface area contributed by atoms with E-state index in [1.807, 2.05) is 14.0 Å². The van der Waals surface area contributed by atoms with Crippen LogP contribution >= 0.6 is 15.9 Å². The van der Waals surface area contributed by atoms with Crippen LogP contribution in [0.3, 0.4) is 0 Å².